The van der Waals surface area contributed by atoms with Gasteiger partial charge < -0.3 is 4.74 Å². The molecule has 2 fully saturated rings. The normalized spacial score (nSPS) is 35.8. The van der Waals surface area contributed by atoms with Gasteiger partial charge in [0, 0.05) is 0 Å². The van der Waals surface area contributed by atoms with Crippen molar-refractivity contribution in [3.05, 3.63) is 0 Å². The Bertz CT molecular complexity index is 223. The van der Waals surface area contributed by atoms with E-state index >= 15 is 0 Å². The number of carbonyl (C=O) groups excluding carboxylic acids is 1. The standard InChI is InChI=1S/C10H15FO2/c1-10(5-6-10)9(12)13-8-4-2-3-7(8)11/h7-8H,2-6H2,1H3/t7-,8-/m0/s1. The molecule has 2 aliphatic carbocycles. The monoisotopic (exact) mass is 186 g/mol. The molecule has 2 rings (SSSR count). The summed E-state index contributed by atoms with van der Waals surface area (Å²) in [6.07, 6.45) is 2.51. The lowest BCUT2D eigenvalue weighted by Crippen LogP contribution is -2.27. The lowest BCUT2D eigenvalue weighted by atomic mass is 10.1. The molecule has 0 aromatic carbocycles. The van der Waals surface area contributed by atoms with Gasteiger partial charge in [0.1, 0.15) is 12.3 Å². The molecule has 13 heavy (non-hydrogen) atoms. The molecule has 2 nitrogen and oxygen atoms in total. The van der Waals surface area contributed by atoms with Crippen molar-refractivity contribution >= 4 is 5.97 Å². The number of carbonyl (C=O) groups is 1. The van der Waals surface area contributed by atoms with Gasteiger partial charge in [0.25, 0.3) is 0 Å². The second kappa shape index (κ2) is 2.96. The molecule has 0 unspecified atom stereocenters. The Morgan fingerprint density at radius 1 is 1.46 bits per heavy atom. The third kappa shape index (κ3) is 1.69. The lowest BCUT2D eigenvalue weighted by molar-refractivity contribution is -0.157. The molecule has 0 spiro atoms. The zero-order chi connectivity index (χ0) is 9.47. The highest BCUT2D eigenvalue weighted by Gasteiger charge is 2.48. The van der Waals surface area contributed by atoms with E-state index in [1.165, 1.54) is 0 Å². The minimum Gasteiger partial charge on any atom is -0.459 e. The fraction of sp³-hybridized carbons (Fsp3) is 0.900. The van der Waals surface area contributed by atoms with Crippen LogP contribution in [-0.4, -0.2) is 18.2 Å². The third-order valence-corrected chi connectivity index (χ3v) is 3.12. The summed E-state index contributed by atoms with van der Waals surface area (Å²) in [5.74, 6) is -0.193. The highest BCUT2D eigenvalue weighted by Crippen LogP contribution is 2.46. The minimum atomic E-state index is -0.925. The first kappa shape index (κ1) is 8.97. The van der Waals surface area contributed by atoms with Gasteiger partial charge in [0.15, 0.2) is 0 Å². The summed E-state index contributed by atoms with van der Waals surface area (Å²) in [6, 6.07) is 0. The average Bonchev–Trinajstić information content (AvgIpc) is 2.72. The maximum atomic E-state index is 13.1. The molecule has 2 saturated carbocycles. The number of halogens is 1. The predicted molar refractivity (Wildman–Crippen MR) is 46.0 cm³/mol. The van der Waals surface area contributed by atoms with Crippen LogP contribution >= 0.6 is 0 Å². The second-order valence-electron chi connectivity index (χ2n) is 4.45. The van der Waals surface area contributed by atoms with E-state index in [2.05, 4.69) is 0 Å². The molecule has 0 heterocycles. The van der Waals surface area contributed by atoms with Crippen LogP contribution < -0.4 is 0 Å². The molecule has 0 saturated heterocycles. The van der Waals surface area contributed by atoms with Crippen molar-refractivity contribution in [1.29, 1.82) is 0 Å². The van der Waals surface area contributed by atoms with Crippen LogP contribution in [0.4, 0.5) is 4.39 Å². The first-order valence-corrected chi connectivity index (χ1v) is 4.97. The molecule has 0 N–H and O–H groups in total. The fourth-order valence-electron chi connectivity index (χ4n) is 1.68. The van der Waals surface area contributed by atoms with Crippen LogP contribution in [-0.2, 0) is 9.53 Å². The predicted octanol–water partition coefficient (Wildman–Crippen LogP) is 2.22. The molecule has 0 aliphatic heterocycles. The number of rotatable bonds is 2. The van der Waals surface area contributed by atoms with Crippen LogP contribution in [0.5, 0.6) is 0 Å². The summed E-state index contributed by atoms with van der Waals surface area (Å²) in [7, 11) is 0. The van der Waals surface area contributed by atoms with E-state index < -0.39 is 12.3 Å². The van der Waals surface area contributed by atoms with E-state index in [-0.39, 0.29) is 11.4 Å². The highest BCUT2D eigenvalue weighted by atomic mass is 19.1. The molecule has 0 aromatic rings. The zero-order valence-corrected chi connectivity index (χ0v) is 7.88. The summed E-state index contributed by atoms with van der Waals surface area (Å²) < 4.78 is 18.2. The van der Waals surface area contributed by atoms with Crippen LogP contribution in [0, 0.1) is 5.41 Å². The number of ether oxygens (including phenoxy) is 1. The molecule has 2 atom stereocenters. The van der Waals surface area contributed by atoms with E-state index in [1.54, 1.807) is 0 Å². The number of hydrogen-bond acceptors (Lipinski definition) is 2. The average molecular weight is 186 g/mol. The number of hydrogen-bond donors (Lipinski definition) is 0. The first-order chi connectivity index (χ1) is 6.12. The van der Waals surface area contributed by atoms with E-state index in [0.717, 1.165) is 19.3 Å². The van der Waals surface area contributed by atoms with Crippen molar-refractivity contribution < 1.29 is 13.9 Å². The van der Waals surface area contributed by atoms with Crippen molar-refractivity contribution in [3.63, 3.8) is 0 Å². The Kier molecular flexibility index (Phi) is 2.05. The Balaban J connectivity index is 1.87. The van der Waals surface area contributed by atoms with Gasteiger partial charge in [-0.25, -0.2) is 4.39 Å². The second-order valence-corrected chi connectivity index (χ2v) is 4.45. The van der Waals surface area contributed by atoms with Gasteiger partial charge in [0.2, 0.25) is 0 Å². The third-order valence-electron chi connectivity index (χ3n) is 3.12. The molecule has 0 amide bonds. The van der Waals surface area contributed by atoms with Crippen LogP contribution in [0.25, 0.3) is 0 Å². The Morgan fingerprint density at radius 3 is 2.62 bits per heavy atom. The van der Waals surface area contributed by atoms with E-state index in [4.69, 9.17) is 4.74 Å². The van der Waals surface area contributed by atoms with Crippen molar-refractivity contribution in [1.82, 2.24) is 0 Å². The largest absolute Gasteiger partial charge is 0.459 e. The number of esters is 1. The SMILES string of the molecule is CC1(C(=O)O[C@H]2CCC[C@@H]2F)CC1. The molecule has 3 heteroatoms. The first-order valence-electron chi connectivity index (χ1n) is 4.97. The van der Waals surface area contributed by atoms with Gasteiger partial charge in [-0.2, -0.15) is 0 Å². The van der Waals surface area contributed by atoms with Crippen LogP contribution in [0.15, 0.2) is 0 Å². The van der Waals surface area contributed by atoms with Crippen LogP contribution in [0.3, 0.4) is 0 Å². The van der Waals surface area contributed by atoms with Gasteiger partial charge in [-0.15, -0.1) is 0 Å². The summed E-state index contributed by atoms with van der Waals surface area (Å²) in [5.41, 5.74) is -0.275. The maximum Gasteiger partial charge on any atom is 0.312 e. The summed E-state index contributed by atoms with van der Waals surface area (Å²) in [5, 5.41) is 0. The maximum absolute atomic E-state index is 13.1. The van der Waals surface area contributed by atoms with E-state index in [1.807, 2.05) is 6.92 Å². The Hall–Kier alpha value is -0.600. The molecular weight excluding hydrogens is 171 g/mol. The summed E-state index contributed by atoms with van der Waals surface area (Å²) in [4.78, 5) is 11.4. The van der Waals surface area contributed by atoms with Crippen molar-refractivity contribution in [3.8, 4) is 0 Å². The van der Waals surface area contributed by atoms with E-state index in [9.17, 15) is 9.18 Å². The van der Waals surface area contributed by atoms with Crippen molar-refractivity contribution in [2.24, 2.45) is 5.41 Å². The quantitative estimate of drug-likeness (QED) is 0.618. The summed E-state index contributed by atoms with van der Waals surface area (Å²) >= 11 is 0. The van der Waals surface area contributed by atoms with Crippen molar-refractivity contribution in [2.75, 3.05) is 0 Å². The topological polar surface area (TPSA) is 26.3 Å². The van der Waals surface area contributed by atoms with Gasteiger partial charge in [0.05, 0.1) is 5.41 Å². The van der Waals surface area contributed by atoms with Gasteiger partial charge >= 0.3 is 5.97 Å². The molecule has 0 radical (unpaired) electrons. The van der Waals surface area contributed by atoms with E-state index in [0.29, 0.717) is 12.8 Å². The molecule has 0 aromatic heterocycles. The highest BCUT2D eigenvalue weighted by molar-refractivity contribution is 5.79. The molecule has 74 valence electrons. The molecule has 2 aliphatic rings. The van der Waals surface area contributed by atoms with Crippen molar-refractivity contribution in [2.45, 2.75) is 51.3 Å². The number of alkyl halides is 1. The summed E-state index contributed by atoms with van der Waals surface area (Å²) in [6.45, 7) is 1.89. The zero-order valence-electron chi connectivity index (χ0n) is 7.88. The Labute approximate surface area is 77.5 Å². The minimum absolute atomic E-state index is 0.193. The van der Waals surface area contributed by atoms with Gasteiger partial charge in [-0.1, -0.05) is 0 Å². The lowest BCUT2D eigenvalue weighted by Gasteiger charge is -2.16. The van der Waals surface area contributed by atoms with Gasteiger partial charge in [-0.3, -0.25) is 4.79 Å². The smallest absolute Gasteiger partial charge is 0.312 e. The van der Waals surface area contributed by atoms with Crippen LogP contribution in [0.2, 0.25) is 0 Å². The van der Waals surface area contributed by atoms with Crippen LogP contribution in [0.1, 0.15) is 39.0 Å². The van der Waals surface area contributed by atoms with Gasteiger partial charge in [-0.05, 0) is 39.0 Å². The molecular formula is C10H15FO2. The molecule has 0 bridgehead atoms. The Morgan fingerprint density at radius 2 is 2.15 bits per heavy atom. The fourth-order valence-corrected chi connectivity index (χ4v) is 1.68.